The van der Waals surface area contributed by atoms with Gasteiger partial charge in [-0.15, -0.1) is 0 Å². The number of rotatable bonds is 21. The number of nitrogens with zero attached hydrogens (tertiary/aromatic N) is 3. The predicted molar refractivity (Wildman–Crippen MR) is 330 cm³/mol. The summed E-state index contributed by atoms with van der Waals surface area (Å²) in [4.78, 5) is 106. The van der Waals surface area contributed by atoms with E-state index in [4.69, 9.17) is 9.47 Å². The number of aliphatic hydroxyl groups is 7. The highest BCUT2D eigenvalue weighted by atomic mass is 16.5. The van der Waals surface area contributed by atoms with Crippen molar-refractivity contribution >= 4 is 41.4 Å². The molecule has 3 aliphatic rings. The Bertz CT molecular complexity index is 3050. The van der Waals surface area contributed by atoms with Crippen molar-refractivity contribution in [2.24, 2.45) is 5.92 Å². The van der Waals surface area contributed by atoms with Crippen molar-refractivity contribution in [2.75, 3.05) is 46.4 Å². The fourth-order valence-corrected chi connectivity index (χ4v) is 11.2. The van der Waals surface area contributed by atoms with Crippen molar-refractivity contribution in [3.8, 4) is 33.8 Å². The van der Waals surface area contributed by atoms with Gasteiger partial charge in [-0.3, -0.25) is 33.6 Å². The molecule has 0 radical (unpaired) electrons. The lowest BCUT2D eigenvalue weighted by atomic mass is 9.96. The maximum Gasteiger partial charge on any atom is 0.251 e. The molecule has 7 rings (SSSR count). The standard InChI is InChI=1S/C65H88N8O17/c1-7-9-11-30-89-47-26-22-42(23-27-47)40-14-12-39(13-15-40)41-16-18-44(19-17-41)58(82)66-48-33-50(78)63(90-31-29-71(6)28-10-8-2)70-62(86)54-55(79)36(3)34-73(54)65(88)52(38(5)75)68-61(85)53(57(81)56(80)43-20-24-45(76)25-21-43)69-60(84)49-32-46(77)35-72(49)64(87)51(37(4)74)67-59(48)83/h12-27,36-38,46,48-57,63,74-81H,7-11,28-35H2,1-6H3,(H,66,82)(H,67,83)(H,68,85)(H,69,84)(H,70,86)/t36-,37+,38+,46+,48+,49-,50+,51-,52-,53-,54-,55-,56-,57-,63+/m0/s1. The Morgan fingerprint density at radius 2 is 1.18 bits per heavy atom. The summed E-state index contributed by atoms with van der Waals surface area (Å²) in [6.07, 6.45) is -10.9. The van der Waals surface area contributed by atoms with Crippen molar-refractivity contribution in [1.29, 1.82) is 0 Å². The molecule has 0 saturated carbocycles. The van der Waals surface area contributed by atoms with E-state index in [9.17, 15) is 74.4 Å². The highest BCUT2D eigenvalue weighted by molar-refractivity contribution is 6.00. The Hall–Kier alpha value is -7.59. The number of aromatic hydroxyl groups is 1. The number of hydrogen-bond donors (Lipinski definition) is 13. The van der Waals surface area contributed by atoms with Gasteiger partial charge in [0, 0.05) is 44.0 Å². The quantitative estimate of drug-likeness (QED) is 0.0514. The van der Waals surface area contributed by atoms with Crippen LogP contribution >= 0.6 is 0 Å². The number of carbonyl (C=O) groups excluding carboxylic acids is 7. The highest BCUT2D eigenvalue weighted by Crippen LogP contribution is 2.30. The average molecular weight is 1250 g/mol. The lowest BCUT2D eigenvalue weighted by Gasteiger charge is -2.34. The number of hydrogen-bond acceptors (Lipinski definition) is 18. The first-order valence-electron chi connectivity index (χ1n) is 30.8. The molecule has 0 aromatic heterocycles. The molecule has 15 atom stereocenters. The molecule has 3 saturated heterocycles. The zero-order valence-corrected chi connectivity index (χ0v) is 51.7. The molecule has 0 aliphatic carbocycles. The van der Waals surface area contributed by atoms with Crippen LogP contribution in [0.5, 0.6) is 11.5 Å². The number of benzene rings is 4. The van der Waals surface area contributed by atoms with Gasteiger partial charge in [-0.05, 0) is 104 Å². The van der Waals surface area contributed by atoms with Gasteiger partial charge in [-0.25, -0.2) is 0 Å². The topological polar surface area (TPSA) is 370 Å². The van der Waals surface area contributed by atoms with Gasteiger partial charge >= 0.3 is 0 Å². The van der Waals surface area contributed by atoms with Gasteiger partial charge in [0.05, 0.1) is 37.6 Å². The van der Waals surface area contributed by atoms with E-state index in [2.05, 4.69) is 33.5 Å². The molecule has 0 unspecified atom stereocenters. The number of fused-ring (bicyclic) bond motifs is 2. The van der Waals surface area contributed by atoms with E-state index in [-0.39, 0.29) is 36.6 Å². The Morgan fingerprint density at radius 3 is 1.76 bits per heavy atom. The first-order valence-corrected chi connectivity index (χ1v) is 30.8. The molecule has 7 amide bonds. The molecule has 90 heavy (non-hydrogen) atoms. The summed E-state index contributed by atoms with van der Waals surface area (Å²) in [5, 5.41) is 103. The number of nitrogens with one attached hydrogen (secondary N) is 5. The molecule has 490 valence electrons. The molecule has 4 aromatic rings. The van der Waals surface area contributed by atoms with Crippen LogP contribution in [0.2, 0.25) is 0 Å². The third-order valence-electron chi connectivity index (χ3n) is 16.7. The van der Waals surface area contributed by atoms with E-state index >= 15 is 0 Å². The first kappa shape index (κ1) is 69.9. The fourth-order valence-electron chi connectivity index (χ4n) is 11.2. The van der Waals surface area contributed by atoms with Crippen molar-refractivity contribution in [1.82, 2.24) is 41.3 Å². The number of carbonyl (C=O) groups is 7. The summed E-state index contributed by atoms with van der Waals surface area (Å²) in [5.41, 5.74) is 3.48. The fraction of sp³-hybridized carbons (Fsp3) is 0.523. The number of ether oxygens (including phenoxy) is 2. The third-order valence-corrected chi connectivity index (χ3v) is 16.7. The monoisotopic (exact) mass is 1250 g/mol. The molecule has 13 N–H and O–H groups in total. The molecule has 3 aliphatic heterocycles. The van der Waals surface area contributed by atoms with Crippen LogP contribution in [0.1, 0.15) is 102 Å². The van der Waals surface area contributed by atoms with Gasteiger partial charge in [0.2, 0.25) is 35.4 Å². The van der Waals surface area contributed by atoms with E-state index < -0.39 is 152 Å². The van der Waals surface area contributed by atoms with Crippen molar-refractivity contribution in [3.63, 3.8) is 0 Å². The molecular formula is C65H88N8O17. The van der Waals surface area contributed by atoms with Gasteiger partial charge in [-0.2, -0.15) is 0 Å². The summed E-state index contributed by atoms with van der Waals surface area (Å²) in [7, 11) is 1.82. The average Bonchev–Trinajstić information content (AvgIpc) is 1.64. The summed E-state index contributed by atoms with van der Waals surface area (Å²) in [5.74, 6) is -8.23. The summed E-state index contributed by atoms with van der Waals surface area (Å²) in [6, 6.07) is 15.3. The minimum atomic E-state index is -2.29. The van der Waals surface area contributed by atoms with E-state index in [0.717, 1.165) is 83.8 Å². The zero-order chi connectivity index (χ0) is 65.5. The predicted octanol–water partition coefficient (Wildman–Crippen LogP) is 0.829. The minimum Gasteiger partial charge on any atom is -0.508 e. The van der Waals surface area contributed by atoms with Crippen LogP contribution in [0.25, 0.3) is 22.3 Å². The number of likely N-dealkylation sites (N-methyl/N-ethyl adjacent to an activating group) is 1. The number of phenols is 1. The normalized spacial score (nSPS) is 26.2. The lowest BCUT2D eigenvalue weighted by Crippen LogP contribution is -2.64. The summed E-state index contributed by atoms with van der Waals surface area (Å²) in [6.45, 7) is 8.45. The van der Waals surface area contributed by atoms with Gasteiger partial charge < -0.3 is 91.6 Å². The smallest absolute Gasteiger partial charge is 0.251 e. The van der Waals surface area contributed by atoms with Gasteiger partial charge in [0.1, 0.15) is 66.1 Å². The van der Waals surface area contributed by atoms with Crippen molar-refractivity contribution in [3.05, 3.63) is 108 Å². The van der Waals surface area contributed by atoms with Crippen LogP contribution in [-0.4, -0.2) is 222 Å². The minimum absolute atomic E-state index is 0.0490. The SMILES string of the molecule is CCCCCOc1ccc(-c2ccc(-c3ccc(C(=O)N[C@@H]4C[C@@H](O)[C@@H](OCCN(C)CCCC)NC(=O)[C@@H]5[C@@H](O)[C@@H](C)CN5C(=O)[C@H]([C@@H](C)O)NC(=O)[C@H]([C@H](O)[C@@H](O)c5ccc(O)cc5)NC(=O)[C@@H]5C[C@@H](O)CN5C(=O)[C@H]([C@@H](C)O)NC4=O)cc3)cc2)cc1. The molecule has 4 aromatic carbocycles. The number of unbranched alkanes of at least 4 members (excludes halogenated alkanes) is 3. The van der Waals surface area contributed by atoms with E-state index in [1.165, 1.54) is 43.3 Å². The van der Waals surface area contributed by atoms with Crippen LogP contribution < -0.4 is 31.3 Å². The van der Waals surface area contributed by atoms with Crippen LogP contribution in [0.15, 0.2) is 97.1 Å². The molecule has 25 nitrogen and oxygen atoms in total. The third kappa shape index (κ3) is 17.9. The lowest BCUT2D eigenvalue weighted by molar-refractivity contribution is -0.149. The molecular weight excluding hydrogens is 1160 g/mol. The molecule has 0 bridgehead atoms. The van der Waals surface area contributed by atoms with Crippen LogP contribution in [0.3, 0.4) is 0 Å². The van der Waals surface area contributed by atoms with E-state index in [0.29, 0.717) is 13.2 Å². The first-order chi connectivity index (χ1) is 42.9. The Balaban J connectivity index is 1.23. The Morgan fingerprint density at radius 1 is 0.633 bits per heavy atom. The summed E-state index contributed by atoms with van der Waals surface area (Å²) >= 11 is 0. The Labute approximate surface area is 523 Å². The molecule has 25 heteroatoms. The number of aliphatic hydroxyl groups excluding tert-OH is 7. The largest absolute Gasteiger partial charge is 0.508 e. The van der Waals surface area contributed by atoms with Crippen LogP contribution in [0.4, 0.5) is 0 Å². The second kappa shape index (κ2) is 32.4. The van der Waals surface area contributed by atoms with E-state index in [1.54, 1.807) is 12.1 Å². The second-order valence-electron chi connectivity index (χ2n) is 23.8. The van der Waals surface area contributed by atoms with Crippen LogP contribution in [-0.2, 0) is 33.5 Å². The van der Waals surface area contributed by atoms with Gasteiger partial charge in [-0.1, -0.05) is 101 Å². The number of amides is 7. The maximum absolute atomic E-state index is 14.9. The van der Waals surface area contributed by atoms with Gasteiger partial charge in [0.25, 0.3) is 5.91 Å². The maximum atomic E-state index is 14.9. The second-order valence-corrected chi connectivity index (χ2v) is 23.8. The molecule has 3 heterocycles. The molecule has 0 spiro atoms. The number of phenolic OH excluding ortho intramolecular Hbond substituents is 1. The Kier molecular flexibility index (Phi) is 25.2. The van der Waals surface area contributed by atoms with Crippen molar-refractivity contribution in [2.45, 2.75) is 165 Å². The van der Waals surface area contributed by atoms with Crippen LogP contribution in [0, 0.1) is 5.92 Å². The summed E-state index contributed by atoms with van der Waals surface area (Å²) < 4.78 is 12.0. The highest BCUT2D eigenvalue weighted by Gasteiger charge is 2.50. The zero-order valence-electron chi connectivity index (χ0n) is 51.7. The van der Waals surface area contributed by atoms with Crippen molar-refractivity contribution < 1.29 is 83.9 Å². The molecule has 3 fully saturated rings. The van der Waals surface area contributed by atoms with Gasteiger partial charge in [0.15, 0.2) is 6.23 Å². The van der Waals surface area contributed by atoms with E-state index in [1.807, 2.05) is 67.4 Å².